The van der Waals surface area contributed by atoms with Crippen molar-refractivity contribution >= 4 is 29.3 Å². The molecule has 0 fully saturated rings. The maximum atomic E-state index is 11.6. The molecule has 8 nitrogen and oxygen atoms in total. The van der Waals surface area contributed by atoms with Gasteiger partial charge in [0, 0.05) is 18.3 Å². The van der Waals surface area contributed by atoms with Gasteiger partial charge in [0.2, 0.25) is 0 Å². The van der Waals surface area contributed by atoms with Crippen molar-refractivity contribution in [2.24, 2.45) is 0 Å². The third-order valence-corrected chi connectivity index (χ3v) is 2.72. The Balaban J connectivity index is 2.42. The van der Waals surface area contributed by atoms with Crippen molar-refractivity contribution in [2.75, 3.05) is 19.6 Å². The Hall–Kier alpha value is -2.16. The Bertz CT molecular complexity index is 432. The van der Waals surface area contributed by atoms with Gasteiger partial charge in [0.1, 0.15) is 13.1 Å². The van der Waals surface area contributed by atoms with Crippen molar-refractivity contribution in [3.63, 3.8) is 0 Å². The van der Waals surface area contributed by atoms with Crippen LogP contribution in [-0.4, -0.2) is 57.7 Å². The number of carboxylic acid groups (broad SMARTS) is 2. The Kier molecular flexibility index (Phi) is 5.73. The predicted octanol–water partition coefficient (Wildman–Crippen LogP) is -0.134. The van der Waals surface area contributed by atoms with Crippen LogP contribution in [0.2, 0.25) is 0 Å². The van der Waals surface area contributed by atoms with Crippen LogP contribution in [-0.2, 0) is 16.0 Å². The molecule has 19 heavy (non-hydrogen) atoms. The molecule has 2 amide bonds. The number of aliphatic carboxylic acids is 2. The Morgan fingerprint density at radius 3 is 2.37 bits per heavy atom. The lowest BCUT2D eigenvalue weighted by atomic mass is 10.3. The van der Waals surface area contributed by atoms with Gasteiger partial charge in [-0.25, -0.2) is 9.78 Å². The van der Waals surface area contributed by atoms with E-state index in [2.05, 4.69) is 10.3 Å². The van der Waals surface area contributed by atoms with Crippen LogP contribution in [0.3, 0.4) is 0 Å². The zero-order chi connectivity index (χ0) is 14.3. The first-order chi connectivity index (χ1) is 8.99. The van der Waals surface area contributed by atoms with E-state index in [1.165, 1.54) is 11.3 Å². The number of carboxylic acids is 2. The van der Waals surface area contributed by atoms with Crippen LogP contribution < -0.4 is 5.32 Å². The molecule has 0 bridgehead atoms. The van der Waals surface area contributed by atoms with Crippen molar-refractivity contribution in [1.82, 2.24) is 15.2 Å². The van der Waals surface area contributed by atoms with Crippen LogP contribution in [0.15, 0.2) is 10.9 Å². The molecule has 0 aliphatic carbocycles. The molecule has 0 aromatic carbocycles. The van der Waals surface area contributed by atoms with Crippen molar-refractivity contribution in [1.29, 1.82) is 0 Å². The molecule has 0 spiro atoms. The van der Waals surface area contributed by atoms with Gasteiger partial charge < -0.3 is 20.4 Å². The van der Waals surface area contributed by atoms with Crippen LogP contribution in [0.25, 0.3) is 0 Å². The van der Waals surface area contributed by atoms with Crippen LogP contribution in [0.4, 0.5) is 4.79 Å². The van der Waals surface area contributed by atoms with Crippen LogP contribution in [0.5, 0.6) is 0 Å². The standard InChI is InChI=1S/C10H13N3O5S/c14-8(15)3-13(4-9(16)17)10(18)11-2-1-7-5-19-6-12-7/h5-6H,1-4H2,(H,11,18)(H,14,15)(H,16,17). The summed E-state index contributed by atoms with van der Waals surface area (Å²) >= 11 is 1.43. The lowest BCUT2D eigenvalue weighted by Gasteiger charge is -2.18. The zero-order valence-corrected chi connectivity index (χ0v) is 10.7. The van der Waals surface area contributed by atoms with Crippen molar-refractivity contribution in [3.8, 4) is 0 Å². The Morgan fingerprint density at radius 2 is 1.89 bits per heavy atom. The lowest BCUT2D eigenvalue weighted by Crippen LogP contribution is -2.45. The summed E-state index contributed by atoms with van der Waals surface area (Å²) < 4.78 is 0. The first-order valence-electron chi connectivity index (χ1n) is 5.32. The van der Waals surface area contributed by atoms with E-state index in [4.69, 9.17) is 10.2 Å². The third kappa shape index (κ3) is 5.82. The summed E-state index contributed by atoms with van der Waals surface area (Å²) in [6, 6.07) is -0.722. The molecule has 0 unspecified atom stereocenters. The van der Waals surface area contributed by atoms with Crippen molar-refractivity contribution in [3.05, 3.63) is 16.6 Å². The van der Waals surface area contributed by atoms with Gasteiger partial charge in [-0.3, -0.25) is 9.59 Å². The Morgan fingerprint density at radius 1 is 1.26 bits per heavy atom. The molecule has 9 heteroatoms. The molecular formula is C10H13N3O5S. The van der Waals surface area contributed by atoms with E-state index in [9.17, 15) is 14.4 Å². The molecule has 1 aromatic heterocycles. The number of amides is 2. The summed E-state index contributed by atoms with van der Waals surface area (Å²) in [5, 5.41) is 21.5. The van der Waals surface area contributed by atoms with Gasteiger partial charge in [0.05, 0.1) is 11.2 Å². The van der Waals surface area contributed by atoms with Gasteiger partial charge >= 0.3 is 18.0 Å². The van der Waals surface area contributed by atoms with Gasteiger partial charge in [-0.05, 0) is 0 Å². The number of aromatic nitrogens is 1. The van der Waals surface area contributed by atoms with Gasteiger partial charge in [0.15, 0.2) is 0 Å². The smallest absolute Gasteiger partial charge is 0.323 e. The number of rotatable bonds is 7. The SMILES string of the molecule is O=C(O)CN(CC(=O)O)C(=O)NCCc1cscn1. The monoisotopic (exact) mass is 287 g/mol. The second-order valence-corrected chi connectivity index (χ2v) is 4.32. The summed E-state index contributed by atoms with van der Waals surface area (Å²) in [5.41, 5.74) is 2.48. The van der Waals surface area contributed by atoms with E-state index < -0.39 is 31.1 Å². The fourth-order valence-electron chi connectivity index (χ4n) is 1.30. The minimum Gasteiger partial charge on any atom is -0.480 e. The molecule has 3 N–H and O–H groups in total. The van der Waals surface area contributed by atoms with Crippen LogP contribution in [0.1, 0.15) is 5.69 Å². The van der Waals surface area contributed by atoms with E-state index >= 15 is 0 Å². The number of urea groups is 1. The lowest BCUT2D eigenvalue weighted by molar-refractivity contribution is -0.140. The number of nitrogens with one attached hydrogen (secondary N) is 1. The van der Waals surface area contributed by atoms with E-state index in [1.54, 1.807) is 5.51 Å². The average Bonchev–Trinajstić information content (AvgIpc) is 2.79. The molecule has 0 saturated heterocycles. The van der Waals surface area contributed by atoms with Crippen LogP contribution >= 0.6 is 11.3 Å². The molecule has 0 atom stereocenters. The summed E-state index contributed by atoms with van der Waals surface area (Å²) in [6.07, 6.45) is 0.503. The highest BCUT2D eigenvalue weighted by Crippen LogP contribution is 2.00. The number of hydrogen-bond donors (Lipinski definition) is 3. The highest BCUT2D eigenvalue weighted by atomic mass is 32.1. The highest BCUT2D eigenvalue weighted by Gasteiger charge is 2.19. The van der Waals surface area contributed by atoms with Gasteiger partial charge in [-0.15, -0.1) is 11.3 Å². The van der Waals surface area contributed by atoms with E-state index in [-0.39, 0.29) is 6.54 Å². The zero-order valence-electron chi connectivity index (χ0n) is 9.90. The summed E-state index contributed by atoms with van der Waals surface area (Å²) in [4.78, 5) is 37.4. The summed E-state index contributed by atoms with van der Waals surface area (Å²) in [6.45, 7) is -1.05. The maximum Gasteiger partial charge on any atom is 0.323 e. The quantitative estimate of drug-likeness (QED) is 0.642. The number of carbonyl (C=O) groups excluding carboxylic acids is 1. The molecule has 0 aliphatic heterocycles. The van der Waals surface area contributed by atoms with Gasteiger partial charge in [-0.2, -0.15) is 0 Å². The number of thiazole rings is 1. The predicted molar refractivity (Wildman–Crippen MR) is 66.1 cm³/mol. The fraction of sp³-hybridized carbons (Fsp3) is 0.400. The van der Waals surface area contributed by atoms with Crippen molar-refractivity contribution < 1.29 is 24.6 Å². The number of carbonyl (C=O) groups is 3. The first-order valence-corrected chi connectivity index (χ1v) is 6.26. The molecule has 0 aliphatic rings. The van der Waals surface area contributed by atoms with E-state index in [0.717, 1.165) is 5.69 Å². The minimum absolute atomic E-state index is 0.262. The molecule has 1 heterocycles. The summed E-state index contributed by atoms with van der Waals surface area (Å²) in [5.74, 6) is -2.54. The average molecular weight is 287 g/mol. The molecule has 1 rings (SSSR count). The van der Waals surface area contributed by atoms with Crippen LogP contribution in [0, 0.1) is 0 Å². The van der Waals surface area contributed by atoms with Gasteiger partial charge in [-0.1, -0.05) is 0 Å². The minimum atomic E-state index is -1.27. The highest BCUT2D eigenvalue weighted by molar-refractivity contribution is 7.07. The topological polar surface area (TPSA) is 120 Å². The van der Waals surface area contributed by atoms with Gasteiger partial charge in [0.25, 0.3) is 0 Å². The fourth-order valence-corrected chi connectivity index (χ4v) is 1.89. The largest absolute Gasteiger partial charge is 0.480 e. The second-order valence-electron chi connectivity index (χ2n) is 3.61. The molecule has 0 saturated carbocycles. The van der Waals surface area contributed by atoms with E-state index in [0.29, 0.717) is 11.3 Å². The first kappa shape index (κ1) is 14.9. The number of nitrogens with zero attached hydrogens (tertiary/aromatic N) is 2. The third-order valence-electron chi connectivity index (χ3n) is 2.08. The molecule has 1 aromatic rings. The van der Waals surface area contributed by atoms with E-state index in [1.807, 2.05) is 5.38 Å². The van der Waals surface area contributed by atoms with Crippen molar-refractivity contribution in [2.45, 2.75) is 6.42 Å². The molecule has 0 radical (unpaired) electrons. The second kappa shape index (κ2) is 7.31. The molecule has 104 valence electrons. The molecular weight excluding hydrogens is 274 g/mol. The number of hydrogen-bond acceptors (Lipinski definition) is 5. The Labute approximate surface area is 112 Å². The normalized spacial score (nSPS) is 9.89. The summed E-state index contributed by atoms with van der Waals surface area (Å²) in [7, 11) is 0. The maximum absolute atomic E-state index is 11.6.